The Balaban J connectivity index is 1.87. The Kier molecular flexibility index (Phi) is 7.34. The Morgan fingerprint density at radius 2 is 2.04 bits per heavy atom. The molecule has 1 amide bonds. The van der Waals surface area contributed by atoms with Gasteiger partial charge < -0.3 is 24.6 Å². The first-order valence-corrected chi connectivity index (χ1v) is 8.90. The quantitative estimate of drug-likeness (QED) is 0.754. The normalized spacial score (nSPS) is 18.3. The van der Waals surface area contributed by atoms with Gasteiger partial charge in [0, 0.05) is 26.9 Å². The molecule has 2 unspecified atom stereocenters. The Bertz CT molecular complexity index is 543. The van der Waals surface area contributed by atoms with Crippen LogP contribution >= 0.6 is 0 Å². The van der Waals surface area contributed by atoms with E-state index in [0.717, 1.165) is 12.8 Å². The van der Waals surface area contributed by atoms with E-state index in [4.69, 9.17) is 19.7 Å². The fraction of sp³-hybridized carbons (Fsp3) is 0.824. The van der Waals surface area contributed by atoms with Crippen LogP contribution in [-0.2, 0) is 20.8 Å². The van der Waals surface area contributed by atoms with Gasteiger partial charge in [0.1, 0.15) is 6.10 Å². The number of amides is 1. The molecule has 0 bridgehead atoms. The summed E-state index contributed by atoms with van der Waals surface area (Å²) in [6.45, 7) is 8.23. The lowest BCUT2D eigenvalue weighted by atomic mass is 9.91. The van der Waals surface area contributed by atoms with E-state index in [2.05, 4.69) is 24.0 Å². The summed E-state index contributed by atoms with van der Waals surface area (Å²) in [6, 6.07) is -0.524. The molecule has 1 aliphatic heterocycles. The van der Waals surface area contributed by atoms with Crippen molar-refractivity contribution < 1.29 is 18.8 Å². The summed E-state index contributed by atoms with van der Waals surface area (Å²) in [5.74, 6) is 1.35. The average molecular weight is 354 g/mol. The molecule has 0 radical (unpaired) electrons. The fourth-order valence-corrected chi connectivity index (χ4v) is 2.72. The van der Waals surface area contributed by atoms with Crippen LogP contribution in [0.1, 0.15) is 51.4 Å². The predicted molar refractivity (Wildman–Crippen MR) is 91.5 cm³/mol. The minimum Gasteiger partial charge on any atom is -0.381 e. The molecule has 1 fully saturated rings. The van der Waals surface area contributed by atoms with Crippen LogP contribution in [0.15, 0.2) is 4.52 Å². The average Bonchev–Trinajstić information content (AvgIpc) is 3.07. The molecule has 2 rings (SSSR count). The van der Waals surface area contributed by atoms with Gasteiger partial charge in [0.2, 0.25) is 11.8 Å². The first kappa shape index (κ1) is 19.8. The summed E-state index contributed by atoms with van der Waals surface area (Å²) in [5.41, 5.74) is 6.13. The van der Waals surface area contributed by atoms with Crippen LogP contribution in [0.5, 0.6) is 0 Å². The predicted octanol–water partition coefficient (Wildman–Crippen LogP) is 1.52. The van der Waals surface area contributed by atoms with E-state index < -0.39 is 6.04 Å². The van der Waals surface area contributed by atoms with E-state index in [1.165, 1.54) is 4.90 Å². The van der Waals surface area contributed by atoms with E-state index in [1.54, 1.807) is 7.05 Å². The molecule has 1 aliphatic rings. The van der Waals surface area contributed by atoms with Crippen LogP contribution in [0.3, 0.4) is 0 Å². The summed E-state index contributed by atoms with van der Waals surface area (Å²) in [7, 11) is 1.70. The Morgan fingerprint density at radius 1 is 1.36 bits per heavy atom. The van der Waals surface area contributed by atoms with Crippen molar-refractivity contribution in [1.29, 1.82) is 0 Å². The largest absolute Gasteiger partial charge is 0.381 e. The lowest BCUT2D eigenvalue weighted by Gasteiger charge is -2.29. The van der Waals surface area contributed by atoms with Crippen molar-refractivity contribution in [1.82, 2.24) is 15.0 Å². The van der Waals surface area contributed by atoms with Crippen LogP contribution in [0.4, 0.5) is 0 Å². The molecule has 8 heteroatoms. The molecule has 0 aromatic carbocycles. The van der Waals surface area contributed by atoms with Crippen LogP contribution in [0.2, 0.25) is 0 Å². The van der Waals surface area contributed by atoms with Gasteiger partial charge in [0.05, 0.1) is 12.6 Å². The van der Waals surface area contributed by atoms with Crippen molar-refractivity contribution >= 4 is 5.91 Å². The fourth-order valence-electron chi connectivity index (χ4n) is 2.72. The third kappa shape index (κ3) is 5.76. The zero-order valence-corrected chi connectivity index (χ0v) is 15.6. The summed E-state index contributed by atoms with van der Waals surface area (Å²) in [6.07, 6.45) is 1.39. The number of ether oxygens (including phenoxy) is 2. The molecule has 1 aromatic rings. The van der Waals surface area contributed by atoms with Crippen LogP contribution in [0.25, 0.3) is 0 Å². The topological polar surface area (TPSA) is 104 Å². The molecule has 2 atom stereocenters. The molecule has 0 aliphatic carbocycles. The third-order valence-corrected chi connectivity index (χ3v) is 4.33. The molecule has 25 heavy (non-hydrogen) atoms. The van der Waals surface area contributed by atoms with Gasteiger partial charge in [-0.2, -0.15) is 4.98 Å². The zero-order chi connectivity index (χ0) is 18.4. The second-order valence-corrected chi connectivity index (χ2v) is 7.09. The number of likely N-dealkylation sites (N-methyl/N-ethyl adjacent to an activating group) is 1. The molecule has 1 aromatic heterocycles. The lowest BCUT2D eigenvalue weighted by molar-refractivity contribution is -0.134. The minimum absolute atomic E-state index is 0.115. The maximum Gasteiger partial charge on any atom is 0.246 e. The summed E-state index contributed by atoms with van der Waals surface area (Å²) in [4.78, 5) is 18.4. The zero-order valence-electron chi connectivity index (χ0n) is 15.6. The SMILES string of the molecule is CC(C)COC(C)c1noc(CN(C)C(=O)C(N)C2CCOCC2)n1. The van der Waals surface area contributed by atoms with E-state index in [-0.39, 0.29) is 24.5 Å². The molecular weight excluding hydrogens is 324 g/mol. The standard InChI is InChI=1S/C17H30N4O4/c1-11(2)10-24-12(3)16-19-14(25-20-16)9-21(4)17(22)15(18)13-5-7-23-8-6-13/h11-13,15H,5-10,18H2,1-4H3. The number of carbonyl (C=O) groups is 1. The molecule has 0 saturated carbocycles. The highest BCUT2D eigenvalue weighted by Gasteiger charge is 2.29. The monoisotopic (exact) mass is 354 g/mol. The maximum absolute atomic E-state index is 12.5. The molecular formula is C17H30N4O4. The highest BCUT2D eigenvalue weighted by Crippen LogP contribution is 2.19. The number of aromatic nitrogens is 2. The van der Waals surface area contributed by atoms with Crippen molar-refractivity contribution in [2.75, 3.05) is 26.9 Å². The van der Waals surface area contributed by atoms with Gasteiger partial charge in [-0.15, -0.1) is 0 Å². The Hall–Kier alpha value is -1.51. The number of rotatable bonds is 8. The van der Waals surface area contributed by atoms with E-state index in [1.807, 2.05) is 6.92 Å². The van der Waals surface area contributed by atoms with Gasteiger partial charge in [-0.1, -0.05) is 19.0 Å². The molecule has 1 saturated heterocycles. The van der Waals surface area contributed by atoms with Crippen molar-refractivity contribution in [3.63, 3.8) is 0 Å². The van der Waals surface area contributed by atoms with Crippen molar-refractivity contribution in [2.45, 2.75) is 52.3 Å². The van der Waals surface area contributed by atoms with Gasteiger partial charge in [0.15, 0.2) is 5.82 Å². The van der Waals surface area contributed by atoms with Crippen molar-refractivity contribution in [3.05, 3.63) is 11.7 Å². The highest BCUT2D eigenvalue weighted by atomic mass is 16.5. The number of nitrogens with zero attached hydrogens (tertiary/aromatic N) is 3. The molecule has 8 nitrogen and oxygen atoms in total. The van der Waals surface area contributed by atoms with Crippen LogP contribution < -0.4 is 5.73 Å². The number of carbonyl (C=O) groups excluding carboxylic acids is 1. The second-order valence-electron chi connectivity index (χ2n) is 7.09. The number of hydrogen-bond acceptors (Lipinski definition) is 7. The molecule has 2 heterocycles. The first-order chi connectivity index (χ1) is 11.9. The second kappa shape index (κ2) is 9.26. The molecule has 0 spiro atoms. The lowest BCUT2D eigenvalue weighted by Crippen LogP contribution is -2.47. The van der Waals surface area contributed by atoms with Crippen LogP contribution in [0, 0.1) is 11.8 Å². The maximum atomic E-state index is 12.5. The summed E-state index contributed by atoms with van der Waals surface area (Å²) < 4.78 is 16.2. The smallest absolute Gasteiger partial charge is 0.246 e. The van der Waals surface area contributed by atoms with Crippen molar-refractivity contribution in [3.8, 4) is 0 Å². The van der Waals surface area contributed by atoms with E-state index in [9.17, 15) is 4.79 Å². The molecule has 142 valence electrons. The summed E-state index contributed by atoms with van der Waals surface area (Å²) >= 11 is 0. The van der Waals surface area contributed by atoms with Gasteiger partial charge in [-0.25, -0.2) is 0 Å². The summed E-state index contributed by atoms with van der Waals surface area (Å²) in [5, 5.41) is 3.94. The van der Waals surface area contributed by atoms with Gasteiger partial charge in [-0.05, 0) is 31.6 Å². The van der Waals surface area contributed by atoms with Gasteiger partial charge >= 0.3 is 0 Å². The number of hydrogen-bond donors (Lipinski definition) is 1. The van der Waals surface area contributed by atoms with Gasteiger partial charge in [-0.3, -0.25) is 4.79 Å². The van der Waals surface area contributed by atoms with Crippen LogP contribution in [-0.4, -0.2) is 53.9 Å². The molecule has 2 N–H and O–H groups in total. The van der Waals surface area contributed by atoms with Gasteiger partial charge in [0.25, 0.3) is 0 Å². The minimum atomic E-state index is -0.524. The Morgan fingerprint density at radius 3 is 2.68 bits per heavy atom. The van der Waals surface area contributed by atoms with E-state index >= 15 is 0 Å². The highest BCUT2D eigenvalue weighted by molar-refractivity contribution is 5.81. The third-order valence-electron chi connectivity index (χ3n) is 4.33. The number of nitrogens with two attached hydrogens (primary N) is 1. The Labute approximate surface area is 149 Å². The van der Waals surface area contributed by atoms with E-state index in [0.29, 0.717) is 37.5 Å². The first-order valence-electron chi connectivity index (χ1n) is 8.90. The van der Waals surface area contributed by atoms with Crippen molar-refractivity contribution in [2.24, 2.45) is 17.6 Å².